The third-order valence-electron chi connectivity index (χ3n) is 3.37. The van der Waals surface area contributed by atoms with Crippen LogP contribution in [-0.2, 0) is 16.0 Å². The highest BCUT2D eigenvalue weighted by Crippen LogP contribution is 2.18. The Kier molecular flexibility index (Phi) is 7.29. The van der Waals surface area contributed by atoms with Crippen LogP contribution in [0.1, 0.15) is 22.8 Å². The molecule has 0 aliphatic carbocycles. The number of ether oxygens (including phenoxy) is 2. The molecule has 0 spiro atoms. The van der Waals surface area contributed by atoms with Crippen LogP contribution in [0.4, 0.5) is 0 Å². The van der Waals surface area contributed by atoms with Crippen LogP contribution < -0.4 is 10.1 Å². The first-order chi connectivity index (χ1) is 12.1. The van der Waals surface area contributed by atoms with Crippen molar-refractivity contribution in [1.82, 2.24) is 5.32 Å². The summed E-state index contributed by atoms with van der Waals surface area (Å²) in [6.45, 7) is 2.37. The Morgan fingerprint density at radius 3 is 2.68 bits per heavy atom. The molecule has 2 aromatic carbocycles. The van der Waals surface area contributed by atoms with Crippen LogP contribution in [0.5, 0.6) is 5.75 Å². The van der Waals surface area contributed by atoms with E-state index in [9.17, 15) is 9.59 Å². The van der Waals surface area contributed by atoms with Crippen LogP contribution >= 0.6 is 11.6 Å². The van der Waals surface area contributed by atoms with E-state index < -0.39 is 5.97 Å². The molecule has 6 heteroatoms. The smallest absolute Gasteiger partial charge is 0.342 e. The van der Waals surface area contributed by atoms with Gasteiger partial charge in [-0.05, 0) is 43.2 Å². The molecule has 2 rings (SSSR count). The van der Waals surface area contributed by atoms with E-state index in [1.54, 1.807) is 30.3 Å². The number of halogens is 1. The van der Waals surface area contributed by atoms with Crippen LogP contribution in [0.15, 0.2) is 48.5 Å². The molecule has 0 aliphatic rings. The fourth-order valence-corrected chi connectivity index (χ4v) is 2.43. The Bertz CT molecular complexity index is 733. The van der Waals surface area contributed by atoms with Gasteiger partial charge in [0, 0.05) is 11.6 Å². The molecule has 0 heterocycles. The van der Waals surface area contributed by atoms with Gasteiger partial charge < -0.3 is 14.8 Å². The van der Waals surface area contributed by atoms with Crippen LogP contribution in [0.2, 0.25) is 5.02 Å². The van der Waals surface area contributed by atoms with E-state index in [4.69, 9.17) is 21.1 Å². The number of nitrogens with one attached hydrogen (secondary N) is 1. The summed E-state index contributed by atoms with van der Waals surface area (Å²) >= 11 is 5.91. The van der Waals surface area contributed by atoms with Gasteiger partial charge >= 0.3 is 5.97 Å². The molecule has 5 nitrogen and oxygen atoms in total. The summed E-state index contributed by atoms with van der Waals surface area (Å²) < 4.78 is 10.4. The Hall–Kier alpha value is -2.53. The van der Waals surface area contributed by atoms with Gasteiger partial charge in [-0.1, -0.05) is 35.9 Å². The third kappa shape index (κ3) is 6.12. The minimum atomic E-state index is -0.589. The van der Waals surface area contributed by atoms with Gasteiger partial charge in [-0.25, -0.2) is 4.79 Å². The van der Waals surface area contributed by atoms with Gasteiger partial charge in [-0.15, -0.1) is 0 Å². The Labute approximate surface area is 151 Å². The highest BCUT2D eigenvalue weighted by Gasteiger charge is 2.14. The van der Waals surface area contributed by atoms with Gasteiger partial charge in [0.25, 0.3) is 5.91 Å². The molecule has 1 N–H and O–H groups in total. The SMILES string of the molecule is CCOc1ccccc1C(=O)OCC(=O)NCCc1cccc(Cl)c1. The highest BCUT2D eigenvalue weighted by molar-refractivity contribution is 6.30. The predicted octanol–water partition coefficient (Wildman–Crippen LogP) is 3.25. The second-order valence-corrected chi connectivity index (χ2v) is 5.67. The van der Waals surface area contributed by atoms with E-state index in [-0.39, 0.29) is 12.5 Å². The number of carbonyl (C=O) groups excluding carboxylic acids is 2. The first kappa shape index (κ1) is 18.8. The molecule has 132 valence electrons. The number of esters is 1. The van der Waals surface area contributed by atoms with Crippen molar-refractivity contribution in [2.75, 3.05) is 19.8 Å². The summed E-state index contributed by atoms with van der Waals surface area (Å²) in [6, 6.07) is 14.2. The van der Waals surface area contributed by atoms with Crippen molar-refractivity contribution in [3.05, 3.63) is 64.7 Å². The molecule has 0 aromatic heterocycles. The summed E-state index contributed by atoms with van der Waals surface area (Å²) in [4.78, 5) is 23.9. The van der Waals surface area contributed by atoms with Crippen LogP contribution in [0, 0.1) is 0 Å². The zero-order valence-electron chi connectivity index (χ0n) is 14.0. The lowest BCUT2D eigenvalue weighted by Gasteiger charge is -2.10. The van der Waals surface area contributed by atoms with E-state index >= 15 is 0 Å². The van der Waals surface area contributed by atoms with Crippen molar-refractivity contribution in [1.29, 1.82) is 0 Å². The lowest BCUT2D eigenvalue weighted by Crippen LogP contribution is -2.30. The molecular weight excluding hydrogens is 342 g/mol. The molecule has 0 aliphatic heterocycles. The molecule has 0 atom stereocenters. The van der Waals surface area contributed by atoms with Crippen molar-refractivity contribution >= 4 is 23.5 Å². The molecule has 0 saturated carbocycles. The summed E-state index contributed by atoms with van der Waals surface area (Å²) in [5.41, 5.74) is 1.33. The second kappa shape index (κ2) is 9.69. The average Bonchev–Trinajstić information content (AvgIpc) is 2.60. The largest absolute Gasteiger partial charge is 0.493 e. The number of benzene rings is 2. The Morgan fingerprint density at radius 1 is 1.12 bits per heavy atom. The fourth-order valence-electron chi connectivity index (χ4n) is 2.22. The maximum Gasteiger partial charge on any atom is 0.342 e. The topological polar surface area (TPSA) is 64.6 Å². The summed E-state index contributed by atoms with van der Waals surface area (Å²) in [5, 5.41) is 3.36. The minimum absolute atomic E-state index is 0.302. The van der Waals surface area contributed by atoms with Crippen molar-refractivity contribution in [2.24, 2.45) is 0 Å². The highest BCUT2D eigenvalue weighted by atomic mass is 35.5. The maximum absolute atomic E-state index is 12.1. The van der Waals surface area contributed by atoms with Gasteiger partial charge in [0.05, 0.1) is 6.61 Å². The lowest BCUT2D eigenvalue weighted by molar-refractivity contribution is -0.124. The summed E-state index contributed by atoms with van der Waals surface area (Å²) in [5.74, 6) is -0.505. The minimum Gasteiger partial charge on any atom is -0.493 e. The Morgan fingerprint density at radius 2 is 1.92 bits per heavy atom. The van der Waals surface area contributed by atoms with Crippen molar-refractivity contribution in [2.45, 2.75) is 13.3 Å². The molecule has 0 unspecified atom stereocenters. The number of para-hydroxylation sites is 1. The van der Waals surface area contributed by atoms with Gasteiger partial charge in [-0.3, -0.25) is 4.79 Å². The standard InChI is InChI=1S/C19H20ClNO4/c1-2-24-17-9-4-3-8-16(17)19(23)25-13-18(22)21-11-10-14-6-5-7-15(20)12-14/h3-9,12H,2,10-11,13H2,1H3,(H,21,22). The van der Waals surface area contributed by atoms with E-state index in [0.717, 1.165) is 5.56 Å². The number of rotatable bonds is 8. The van der Waals surface area contributed by atoms with E-state index in [1.165, 1.54) is 0 Å². The maximum atomic E-state index is 12.1. The molecule has 0 bridgehead atoms. The zero-order chi connectivity index (χ0) is 18.1. The number of carbonyl (C=O) groups is 2. The molecule has 1 amide bonds. The Balaban J connectivity index is 1.77. The van der Waals surface area contributed by atoms with Crippen molar-refractivity contribution < 1.29 is 19.1 Å². The van der Waals surface area contributed by atoms with Gasteiger partial charge in [0.15, 0.2) is 6.61 Å². The quantitative estimate of drug-likeness (QED) is 0.733. The van der Waals surface area contributed by atoms with Gasteiger partial charge in [-0.2, -0.15) is 0 Å². The number of hydrogen-bond donors (Lipinski definition) is 1. The number of amides is 1. The van der Waals surface area contributed by atoms with E-state index in [1.807, 2.05) is 25.1 Å². The monoisotopic (exact) mass is 361 g/mol. The normalized spacial score (nSPS) is 10.2. The van der Waals surface area contributed by atoms with Gasteiger partial charge in [0.1, 0.15) is 11.3 Å². The van der Waals surface area contributed by atoms with Crippen LogP contribution in [0.25, 0.3) is 0 Å². The molecule has 2 aromatic rings. The summed E-state index contributed by atoms with van der Waals surface area (Å²) in [6.07, 6.45) is 0.646. The van der Waals surface area contributed by atoms with E-state index in [2.05, 4.69) is 5.32 Å². The zero-order valence-corrected chi connectivity index (χ0v) is 14.7. The summed E-state index contributed by atoms with van der Waals surface area (Å²) in [7, 11) is 0. The first-order valence-electron chi connectivity index (χ1n) is 8.00. The first-order valence-corrected chi connectivity index (χ1v) is 8.38. The fraction of sp³-hybridized carbons (Fsp3) is 0.263. The van der Waals surface area contributed by atoms with E-state index in [0.29, 0.717) is 35.9 Å². The molecule has 0 saturated heterocycles. The predicted molar refractivity (Wildman–Crippen MR) is 96.1 cm³/mol. The third-order valence-corrected chi connectivity index (χ3v) is 3.60. The molecular formula is C19H20ClNO4. The molecule has 0 radical (unpaired) electrons. The van der Waals surface area contributed by atoms with Crippen LogP contribution in [0.3, 0.4) is 0 Å². The van der Waals surface area contributed by atoms with Gasteiger partial charge in [0.2, 0.25) is 0 Å². The molecule has 25 heavy (non-hydrogen) atoms. The second-order valence-electron chi connectivity index (χ2n) is 5.24. The average molecular weight is 362 g/mol. The molecule has 0 fully saturated rings. The van der Waals surface area contributed by atoms with Crippen LogP contribution in [-0.4, -0.2) is 31.6 Å². The lowest BCUT2D eigenvalue weighted by atomic mass is 10.1. The van der Waals surface area contributed by atoms with Crippen molar-refractivity contribution in [3.8, 4) is 5.75 Å². The number of hydrogen-bond acceptors (Lipinski definition) is 4. The van der Waals surface area contributed by atoms with Crippen molar-refractivity contribution in [3.63, 3.8) is 0 Å².